The van der Waals surface area contributed by atoms with Gasteiger partial charge in [0.25, 0.3) is 5.91 Å². The van der Waals surface area contributed by atoms with E-state index < -0.39 is 0 Å². The van der Waals surface area contributed by atoms with Crippen LogP contribution in [0.5, 0.6) is 5.75 Å². The van der Waals surface area contributed by atoms with E-state index in [9.17, 15) is 9.90 Å². The second-order valence-electron chi connectivity index (χ2n) is 5.99. The molecular formula is C17H26ClN3O3. The van der Waals surface area contributed by atoms with Gasteiger partial charge >= 0.3 is 0 Å². The molecule has 0 saturated carbocycles. The fraction of sp³-hybridized carbons (Fsp3) is 0.588. The number of nitrogens with one attached hydrogen (secondary N) is 1. The normalized spacial score (nSPS) is 16.1. The zero-order chi connectivity index (χ0) is 17.5. The monoisotopic (exact) mass is 355 g/mol. The summed E-state index contributed by atoms with van der Waals surface area (Å²) in [5.74, 6) is 0.233. The Morgan fingerprint density at radius 3 is 2.83 bits per heavy atom. The van der Waals surface area contributed by atoms with Gasteiger partial charge < -0.3 is 25.8 Å². The van der Waals surface area contributed by atoms with Crippen molar-refractivity contribution in [2.45, 2.75) is 32.3 Å². The molecule has 1 saturated heterocycles. The molecule has 1 aromatic carbocycles. The number of carbonyl (C=O) groups is 1. The highest BCUT2D eigenvalue weighted by atomic mass is 35.5. The largest absolute Gasteiger partial charge is 0.493 e. The van der Waals surface area contributed by atoms with E-state index in [2.05, 4.69) is 10.2 Å². The van der Waals surface area contributed by atoms with Crippen LogP contribution in [0.25, 0.3) is 0 Å². The third-order valence-electron chi connectivity index (χ3n) is 4.14. The van der Waals surface area contributed by atoms with Crippen LogP contribution in [0.2, 0.25) is 5.02 Å². The number of anilines is 1. The topological polar surface area (TPSA) is 87.8 Å². The van der Waals surface area contributed by atoms with Gasteiger partial charge in [-0.3, -0.25) is 4.79 Å². The molecule has 0 aromatic heterocycles. The lowest BCUT2D eigenvalue weighted by molar-refractivity contribution is 0.0816. The SMILES string of the molecule is CCOc1cc(N)c(Cl)cc1C(=O)NCCCN1CCC(O)CC1. The van der Waals surface area contributed by atoms with Crippen molar-refractivity contribution in [3.05, 3.63) is 22.7 Å². The molecule has 24 heavy (non-hydrogen) atoms. The molecule has 0 aliphatic carbocycles. The third kappa shape index (κ3) is 5.26. The first-order chi connectivity index (χ1) is 11.5. The van der Waals surface area contributed by atoms with Gasteiger partial charge in [0.05, 0.1) is 29.0 Å². The number of benzene rings is 1. The Balaban J connectivity index is 1.83. The van der Waals surface area contributed by atoms with Gasteiger partial charge in [-0.1, -0.05) is 11.6 Å². The second kappa shape index (κ2) is 9.11. The van der Waals surface area contributed by atoms with Gasteiger partial charge in [-0.15, -0.1) is 0 Å². The quantitative estimate of drug-likeness (QED) is 0.513. The second-order valence-corrected chi connectivity index (χ2v) is 6.39. The molecule has 6 nitrogen and oxygen atoms in total. The van der Waals surface area contributed by atoms with E-state index in [1.165, 1.54) is 0 Å². The molecule has 1 amide bonds. The summed E-state index contributed by atoms with van der Waals surface area (Å²) in [6.45, 7) is 5.61. The highest BCUT2D eigenvalue weighted by Crippen LogP contribution is 2.29. The number of hydrogen-bond donors (Lipinski definition) is 3. The Hall–Kier alpha value is -1.50. The number of rotatable bonds is 7. The van der Waals surface area contributed by atoms with E-state index >= 15 is 0 Å². The minimum Gasteiger partial charge on any atom is -0.493 e. The maximum atomic E-state index is 12.4. The van der Waals surface area contributed by atoms with E-state index in [4.69, 9.17) is 22.1 Å². The van der Waals surface area contributed by atoms with Crippen molar-refractivity contribution >= 4 is 23.2 Å². The fourth-order valence-corrected chi connectivity index (χ4v) is 2.93. The van der Waals surface area contributed by atoms with Crippen molar-refractivity contribution in [3.63, 3.8) is 0 Å². The average molecular weight is 356 g/mol. The Bertz CT molecular complexity index is 560. The standard InChI is InChI=1S/C17H26ClN3O3/c1-2-24-16-11-15(19)14(18)10-13(16)17(23)20-6-3-7-21-8-4-12(22)5-9-21/h10-12,22H,2-9,19H2,1H3,(H,20,23). The molecule has 2 rings (SSSR count). The van der Waals surface area contributed by atoms with Gasteiger partial charge in [-0.05, 0) is 38.8 Å². The summed E-state index contributed by atoms with van der Waals surface area (Å²) in [6.07, 6.45) is 2.35. The van der Waals surface area contributed by atoms with E-state index in [-0.39, 0.29) is 12.0 Å². The number of aliphatic hydroxyl groups is 1. The molecule has 0 atom stereocenters. The zero-order valence-electron chi connectivity index (χ0n) is 14.1. The van der Waals surface area contributed by atoms with E-state index in [0.717, 1.165) is 38.9 Å². The molecule has 1 aromatic rings. The van der Waals surface area contributed by atoms with Crippen LogP contribution in [0.4, 0.5) is 5.69 Å². The molecule has 0 spiro atoms. The molecule has 0 bridgehead atoms. The molecule has 1 aliphatic heterocycles. The van der Waals surface area contributed by atoms with Crippen molar-refractivity contribution in [1.29, 1.82) is 0 Å². The summed E-state index contributed by atoms with van der Waals surface area (Å²) in [7, 11) is 0. The average Bonchev–Trinajstić information content (AvgIpc) is 2.56. The molecule has 0 unspecified atom stereocenters. The number of nitrogens with two attached hydrogens (primary N) is 1. The number of ether oxygens (including phenoxy) is 1. The predicted molar refractivity (Wildman–Crippen MR) is 95.7 cm³/mol. The van der Waals surface area contributed by atoms with Crippen LogP contribution in [0.1, 0.15) is 36.5 Å². The van der Waals surface area contributed by atoms with Crippen LogP contribution in [-0.2, 0) is 0 Å². The number of hydrogen-bond acceptors (Lipinski definition) is 5. The maximum absolute atomic E-state index is 12.4. The number of nitrogens with zero attached hydrogens (tertiary/aromatic N) is 1. The van der Waals surface area contributed by atoms with Crippen molar-refractivity contribution in [2.24, 2.45) is 0 Å². The molecule has 1 aliphatic rings. The Morgan fingerprint density at radius 2 is 2.17 bits per heavy atom. The number of likely N-dealkylation sites (tertiary alicyclic amines) is 1. The van der Waals surface area contributed by atoms with Gasteiger partial charge in [-0.25, -0.2) is 0 Å². The lowest BCUT2D eigenvalue weighted by atomic mass is 10.1. The summed E-state index contributed by atoms with van der Waals surface area (Å²) in [5.41, 5.74) is 6.56. The number of halogens is 1. The summed E-state index contributed by atoms with van der Waals surface area (Å²) in [5, 5.41) is 12.7. The number of aliphatic hydroxyl groups excluding tert-OH is 1. The van der Waals surface area contributed by atoms with Crippen molar-refractivity contribution in [3.8, 4) is 5.75 Å². The number of nitrogen functional groups attached to an aromatic ring is 1. The van der Waals surface area contributed by atoms with E-state index in [0.29, 0.717) is 35.2 Å². The Kier molecular flexibility index (Phi) is 7.15. The molecule has 4 N–H and O–H groups in total. The fourth-order valence-electron chi connectivity index (χ4n) is 2.76. The molecular weight excluding hydrogens is 330 g/mol. The van der Waals surface area contributed by atoms with E-state index in [1.807, 2.05) is 6.92 Å². The van der Waals surface area contributed by atoms with Gasteiger partial charge in [0.2, 0.25) is 0 Å². The zero-order valence-corrected chi connectivity index (χ0v) is 14.8. The third-order valence-corrected chi connectivity index (χ3v) is 4.46. The summed E-state index contributed by atoms with van der Waals surface area (Å²) < 4.78 is 5.47. The van der Waals surface area contributed by atoms with Crippen molar-refractivity contribution in [1.82, 2.24) is 10.2 Å². The molecule has 0 radical (unpaired) electrons. The first-order valence-electron chi connectivity index (χ1n) is 8.41. The molecule has 134 valence electrons. The van der Waals surface area contributed by atoms with Gasteiger partial charge in [0.15, 0.2) is 0 Å². The molecule has 1 fully saturated rings. The predicted octanol–water partition coefficient (Wildman–Crippen LogP) is 1.90. The minimum atomic E-state index is -0.214. The van der Waals surface area contributed by atoms with Gasteiger partial charge in [0.1, 0.15) is 5.75 Å². The van der Waals surface area contributed by atoms with Crippen LogP contribution < -0.4 is 15.8 Å². The summed E-state index contributed by atoms with van der Waals surface area (Å²) >= 11 is 6.02. The van der Waals surface area contributed by atoms with Gasteiger partial charge in [0, 0.05) is 25.7 Å². The lowest BCUT2D eigenvalue weighted by Gasteiger charge is -2.29. The van der Waals surface area contributed by atoms with Crippen LogP contribution >= 0.6 is 11.6 Å². The smallest absolute Gasteiger partial charge is 0.255 e. The molecule has 1 heterocycles. The first-order valence-corrected chi connectivity index (χ1v) is 8.79. The van der Waals surface area contributed by atoms with Crippen LogP contribution in [0.3, 0.4) is 0 Å². The van der Waals surface area contributed by atoms with Crippen molar-refractivity contribution < 1.29 is 14.6 Å². The highest BCUT2D eigenvalue weighted by molar-refractivity contribution is 6.33. The number of piperidine rings is 1. The minimum absolute atomic E-state index is 0.159. The van der Waals surface area contributed by atoms with E-state index in [1.54, 1.807) is 12.1 Å². The van der Waals surface area contributed by atoms with Crippen LogP contribution in [-0.4, -0.2) is 54.8 Å². The van der Waals surface area contributed by atoms with Crippen molar-refractivity contribution in [2.75, 3.05) is 38.5 Å². The van der Waals surface area contributed by atoms with Crippen LogP contribution in [0, 0.1) is 0 Å². The Labute approximate surface area is 147 Å². The van der Waals surface area contributed by atoms with Crippen LogP contribution in [0.15, 0.2) is 12.1 Å². The number of carbonyl (C=O) groups excluding carboxylic acids is 1. The lowest BCUT2D eigenvalue weighted by Crippen LogP contribution is -2.37. The van der Waals surface area contributed by atoms with Gasteiger partial charge in [-0.2, -0.15) is 0 Å². The number of amides is 1. The Morgan fingerprint density at radius 1 is 1.46 bits per heavy atom. The summed E-state index contributed by atoms with van der Waals surface area (Å²) in [6, 6.07) is 3.13. The maximum Gasteiger partial charge on any atom is 0.255 e. The summed E-state index contributed by atoms with van der Waals surface area (Å²) in [4.78, 5) is 14.7. The highest BCUT2D eigenvalue weighted by Gasteiger charge is 2.17. The molecule has 7 heteroatoms. The first kappa shape index (κ1) is 18.8.